The van der Waals surface area contributed by atoms with Crippen LogP contribution in [0.2, 0.25) is 0 Å². The summed E-state index contributed by atoms with van der Waals surface area (Å²) < 4.78 is 16.5. The lowest BCUT2D eigenvalue weighted by atomic mass is 9.83. The number of imide groups is 1. The van der Waals surface area contributed by atoms with Crippen molar-refractivity contribution in [2.75, 3.05) is 57.3 Å². The maximum atomic E-state index is 13.9. The largest absolute Gasteiger partial charge is 0.492 e. The van der Waals surface area contributed by atoms with Gasteiger partial charge in [0, 0.05) is 68.4 Å². The van der Waals surface area contributed by atoms with Gasteiger partial charge >= 0.3 is 24.0 Å². The van der Waals surface area contributed by atoms with Gasteiger partial charge in [-0.25, -0.2) is 24.4 Å². The second kappa shape index (κ2) is 29.2. The van der Waals surface area contributed by atoms with Crippen LogP contribution in [0.4, 0.5) is 16.4 Å². The van der Waals surface area contributed by atoms with Crippen LogP contribution >= 0.6 is 11.8 Å². The SMILES string of the molecule is COC1=C(C)C(=O)C2=C(C1=O)[C@H](COC(N)=O)[C@]1(OC)[C@H]3[C@@H](CN21)N3C(=O)CCN1C(=O)CC(SCC[C@@H](NC(=O)[C@@H](CC(=O)O)NC(=O)[C@@H](CCCN=C(N)N)NC(=O)CC[C@@H](NC(=O)c2ccc(NCc3cnc4nc(N)[nH]c(=O)c4n3)cc2)C(=O)O)C(=O)O)C1=O. The van der Waals surface area contributed by atoms with E-state index in [0.717, 1.165) is 16.7 Å². The van der Waals surface area contributed by atoms with Crippen LogP contribution in [0.5, 0.6) is 0 Å². The van der Waals surface area contributed by atoms with Crippen LogP contribution in [0.1, 0.15) is 74.3 Å². The molecule has 0 radical (unpaired) electrons. The van der Waals surface area contributed by atoms with Crippen molar-refractivity contribution in [2.45, 2.75) is 112 Å². The summed E-state index contributed by atoms with van der Waals surface area (Å²) >= 11 is 0.873. The molecule has 5 aliphatic rings. The number of nitrogens with two attached hydrogens (primary N) is 4. The lowest BCUT2D eigenvalue weighted by Gasteiger charge is -2.41. The number of benzene rings is 1. The molecule has 0 bridgehead atoms. The summed E-state index contributed by atoms with van der Waals surface area (Å²) in [6.45, 7) is 0.617. The predicted octanol–water partition coefficient (Wildman–Crippen LogP) is -4.13. The van der Waals surface area contributed by atoms with E-state index in [9.17, 15) is 82.4 Å². The number of H-pyrrole nitrogens is 1. The molecule has 1 aromatic carbocycles. The molecule has 1 unspecified atom stereocenters. The number of aromatic amines is 1. The summed E-state index contributed by atoms with van der Waals surface area (Å²) in [6.07, 6.45) is -3.29. The molecule has 6 heterocycles. The Morgan fingerprint density at radius 2 is 1.53 bits per heavy atom. The summed E-state index contributed by atoms with van der Waals surface area (Å²) in [4.78, 5) is 206. The minimum Gasteiger partial charge on any atom is -0.492 e. The Morgan fingerprint density at radius 1 is 0.851 bits per heavy atom. The highest BCUT2D eigenvalue weighted by molar-refractivity contribution is 8.00. The highest BCUT2D eigenvalue weighted by Gasteiger charge is 2.77. The number of piperazine rings is 1. The number of ketones is 2. The summed E-state index contributed by atoms with van der Waals surface area (Å²) in [6, 6.07) is -2.45. The fourth-order valence-corrected chi connectivity index (χ4v) is 12.9. The molecule has 8 rings (SSSR count). The quantitative estimate of drug-likeness (QED) is 0.00705. The first-order valence-corrected chi connectivity index (χ1v) is 30.0. The maximum Gasteiger partial charge on any atom is 0.404 e. The number of nitrogens with one attached hydrogen (secondary N) is 6. The second-order valence-electron chi connectivity index (χ2n) is 22.1. The van der Waals surface area contributed by atoms with E-state index in [1.807, 2.05) is 0 Å². The highest BCUT2D eigenvalue weighted by Crippen LogP contribution is 2.60. The van der Waals surface area contributed by atoms with Crippen molar-refractivity contribution < 1.29 is 91.9 Å². The van der Waals surface area contributed by atoms with Gasteiger partial charge in [0.25, 0.3) is 11.5 Å². The number of carbonyl (C=O) groups excluding carboxylic acids is 10. The van der Waals surface area contributed by atoms with Gasteiger partial charge in [-0.3, -0.25) is 67.6 Å². The van der Waals surface area contributed by atoms with E-state index in [-0.39, 0.29) is 109 Å². The molecule has 1 aliphatic carbocycles. The summed E-state index contributed by atoms with van der Waals surface area (Å²) in [5.41, 5.74) is 20.5. The Hall–Kier alpha value is -10.8. The molecule has 17 N–H and O–H groups in total. The normalized spacial score (nSPS) is 20.7. The van der Waals surface area contributed by atoms with Crippen LogP contribution in [0.25, 0.3) is 11.2 Å². The van der Waals surface area contributed by atoms with Gasteiger partial charge < -0.3 is 88.8 Å². The van der Waals surface area contributed by atoms with Crippen molar-refractivity contribution in [1.82, 2.24) is 55.9 Å². The third-order valence-electron chi connectivity index (χ3n) is 16.1. The van der Waals surface area contributed by atoms with E-state index in [0.29, 0.717) is 11.4 Å². The second-order valence-corrected chi connectivity index (χ2v) is 23.4. The Morgan fingerprint density at radius 3 is 2.18 bits per heavy atom. The summed E-state index contributed by atoms with van der Waals surface area (Å²) in [5, 5.41) is 41.0. The van der Waals surface area contributed by atoms with Crippen molar-refractivity contribution in [3.05, 3.63) is 74.7 Å². The zero-order valence-corrected chi connectivity index (χ0v) is 51.4. The summed E-state index contributed by atoms with van der Waals surface area (Å²) in [5.74, 6) is -13.8. The van der Waals surface area contributed by atoms with Gasteiger partial charge in [-0.1, -0.05) is 0 Å². The highest BCUT2D eigenvalue weighted by atomic mass is 32.2. The number of likely N-dealkylation sites (tertiary alicyclic amines) is 1. The summed E-state index contributed by atoms with van der Waals surface area (Å²) in [7, 11) is 2.53. The number of ether oxygens (including phenoxy) is 3. The number of carboxylic acids is 3. The van der Waals surface area contributed by atoms with Gasteiger partial charge in [-0.15, -0.1) is 11.8 Å². The topological polar surface area (TPSA) is 568 Å². The van der Waals surface area contributed by atoms with E-state index >= 15 is 0 Å². The molecule has 38 heteroatoms. The van der Waals surface area contributed by atoms with Crippen LogP contribution in [0.3, 0.4) is 0 Å². The molecular weight excluding hydrogens is 1260 g/mol. The van der Waals surface area contributed by atoms with E-state index in [2.05, 4.69) is 51.5 Å². The smallest absolute Gasteiger partial charge is 0.404 e. The van der Waals surface area contributed by atoms with Gasteiger partial charge in [-0.2, -0.15) is 4.98 Å². The number of aliphatic carboxylic acids is 3. The van der Waals surface area contributed by atoms with E-state index in [4.69, 9.17) is 37.1 Å². The number of nitrogens with zero attached hydrogens (tertiary/aromatic N) is 7. The molecule has 3 aromatic rings. The van der Waals surface area contributed by atoms with E-state index in [1.54, 1.807) is 4.90 Å². The molecule has 3 saturated heterocycles. The molecule has 94 heavy (non-hydrogen) atoms. The Bertz CT molecular complexity index is 3780. The van der Waals surface area contributed by atoms with Crippen molar-refractivity contribution in [3.8, 4) is 0 Å². The average molecular weight is 1330 g/mol. The van der Waals surface area contributed by atoms with Gasteiger partial charge in [0.05, 0.1) is 54.9 Å². The Balaban J connectivity index is 0.817. The van der Waals surface area contributed by atoms with Crippen LogP contribution in [0, 0.1) is 5.92 Å². The van der Waals surface area contributed by atoms with Crippen molar-refractivity contribution in [3.63, 3.8) is 0 Å². The number of carboxylic acid groups (broad SMARTS) is 3. The first kappa shape index (κ1) is 69.1. The number of Topliss-reactive ketones (excluding diaryl/α,β-unsaturated/α-hetero) is 2. The molecule has 502 valence electrons. The van der Waals surface area contributed by atoms with Crippen LogP contribution in [0.15, 0.2) is 62.9 Å². The number of hydrogen-bond donors (Lipinski definition) is 13. The lowest BCUT2D eigenvalue weighted by molar-refractivity contribution is -0.153. The van der Waals surface area contributed by atoms with Gasteiger partial charge in [-0.05, 0) is 62.6 Å². The fourth-order valence-electron chi connectivity index (χ4n) is 11.7. The molecule has 8 amide bonds. The number of fused-ring (bicyclic) bond motifs is 5. The standard InChI is InChI=1S/C56H67N17O20S/c1-23-41(79)40-38(42(80)43(23)91-2)27(22-93-55(60)90)56(92-3)44-32(21-72(40)56)73(44)35(75)12-15-71-36(76)18-33(50(71)85)94-16-13-30(52(88)89)67-48(83)31(17-37(77)78)68-47(82)28(5-4-14-61-53(57)58)65-34(74)11-10-29(51(86)87)66-46(81)24-6-8-25(9-7-24)62-19-26-20-63-45-39(64-26)49(84)70-54(59)69-45/h6-9,20,27-33,44,62H,4-5,10-19,21-22H2,1-3H3,(H2,60,90)(H,65,74)(H,66,81)(H,67,83)(H,68,82)(H,77,78)(H,86,87)(H,88,89)(H4,57,58,61)(H3,59,63,69,70,84)/t27-,28+,29+,30+,31+,32+,33?,44+,56-,73?/m0/s1. The number of aromatic nitrogens is 4. The number of allylic oxidation sites excluding steroid dienone is 2. The number of carbonyl (C=O) groups is 13. The van der Waals surface area contributed by atoms with Crippen molar-refractivity contribution in [2.24, 2.45) is 28.1 Å². The number of hydrogen-bond acceptors (Lipinski definition) is 25. The minimum atomic E-state index is -1.95. The predicted molar refractivity (Wildman–Crippen MR) is 323 cm³/mol. The molecule has 2 aromatic heterocycles. The van der Waals surface area contributed by atoms with Crippen molar-refractivity contribution in [1.29, 1.82) is 0 Å². The molecule has 37 nitrogen and oxygen atoms in total. The monoisotopic (exact) mass is 1330 g/mol. The number of rotatable bonds is 32. The van der Waals surface area contributed by atoms with E-state index in [1.165, 1.54) is 56.5 Å². The van der Waals surface area contributed by atoms with Gasteiger partial charge in [0.1, 0.15) is 36.8 Å². The number of methoxy groups -OCH3 is 2. The number of primary amides is 1. The molecule has 9 atom stereocenters. The molecule has 0 saturated carbocycles. The van der Waals surface area contributed by atoms with Gasteiger partial charge in [0.2, 0.25) is 53.0 Å². The number of aliphatic imine (C=N–C) groups is 1. The van der Waals surface area contributed by atoms with Crippen LogP contribution in [-0.4, -0.2) is 226 Å². The third kappa shape index (κ3) is 15.1. The first-order valence-electron chi connectivity index (χ1n) is 29.0. The van der Waals surface area contributed by atoms with Crippen LogP contribution in [-0.2, 0) is 73.5 Å². The van der Waals surface area contributed by atoms with Crippen molar-refractivity contribution >= 4 is 117 Å². The Kier molecular flexibility index (Phi) is 21.5. The zero-order chi connectivity index (χ0) is 68.6. The van der Waals surface area contributed by atoms with E-state index < -0.39 is 168 Å². The zero-order valence-electron chi connectivity index (χ0n) is 50.5. The maximum absolute atomic E-state index is 13.9. The molecule has 3 fully saturated rings. The number of guanidine groups is 1. The first-order chi connectivity index (χ1) is 44.6. The minimum absolute atomic E-state index is 0.0128. The lowest BCUT2D eigenvalue weighted by Crippen LogP contribution is -2.56. The number of nitrogen functional groups attached to an aromatic ring is 1. The number of anilines is 2. The van der Waals surface area contributed by atoms with Gasteiger partial charge in [0.15, 0.2) is 28.6 Å². The number of thioether (sulfide) groups is 1. The average Bonchev–Trinajstić information content (AvgIpc) is 1.49. The molecule has 0 spiro atoms. The third-order valence-corrected chi connectivity index (χ3v) is 17.4. The molecular formula is C56H67N17O20S. The fraction of sp³-hybridized carbons (Fsp3) is 0.464. The number of amides is 8. The Labute approximate surface area is 535 Å². The van der Waals surface area contributed by atoms with Crippen LogP contribution < -0.4 is 55.1 Å². The molecule has 4 aliphatic heterocycles.